The molecule has 0 bridgehead atoms. The maximum Gasteiger partial charge on any atom is 0.115 e. The Morgan fingerprint density at radius 3 is 1.16 bits per heavy atom. The first-order valence-corrected chi connectivity index (χ1v) is 24.6. The molecule has 0 saturated carbocycles. The molecule has 91 heavy (non-hydrogen) atoms. The van der Waals surface area contributed by atoms with E-state index < -0.39 is 0 Å². The van der Waals surface area contributed by atoms with Gasteiger partial charge in [-0.1, -0.05) is 60.3 Å². The SMILES string of the molecule is [CH-]=CC=[CH-].[CH-]=CC=[N-].[CH-]=CN=[CH-].[CH-]=Cc1[c-]cccc1.[N-]=Cc1[c-]cccc1.[N-]=Nc1[c-]cccc1.[Y].[Y].[Y].[Y].[Y].[Y].c1ccc2cnccc2c1.c1ccc2ncccc2c1.c1ccncc1.c1ccnnc1.c1cn[nH]n1.c1cnccn1.c1cncnc1. The first-order chi connectivity index (χ1) is 42.0. The van der Waals surface area contributed by atoms with E-state index in [1.54, 1.807) is 111 Å². The third-order valence-electron chi connectivity index (χ3n) is 8.27. The number of H-pyrrole nitrogens is 1. The number of rotatable bonds is 6. The van der Waals surface area contributed by atoms with Gasteiger partial charge < -0.3 is 89.0 Å². The molecule has 0 fully saturated rings. The van der Waals surface area contributed by atoms with Crippen LogP contribution in [0.15, 0.2) is 310 Å². The molecule has 0 atom stereocenters. The van der Waals surface area contributed by atoms with Crippen molar-refractivity contribution in [3.63, 3.8) is 0 Å². The van der Waals surface area contributed by atoms with E-state index in [9.17, 15) is 0 Å². The summed E-state index contributed by atoms with van der Waals surface area (Å²) in [7, 11) is 0. The van der Waals surface area contributed by atoms with Crippen LogP contribution in [-0.4, -0.2) is 79.6 Å². The Hall–Kier alpha value is -5.62. The molecule has 23 heteroatoms. The number of para-hydroxylation sites is 1. The fraction of sp³-hybridized carbons (Fsp3) is 0. The summed E-state index contributed by atoms with van der Waals surface area (Å²) in [6.45, 7) is 28.3. The van der Waals surface area contributed by atoms with Crippen LogP contribution in [0.5, 0.6) is 0 Å². The summed E-state index contributed by atoms with van der Waals surface area (Å²) in [6.07, 6.45) is 34.8. The third kappa shape index (κ3) is 67.1. The van der Waals surface area contributed by atoms with Crippen molar-refractivity contribution in [2.45, 2.75) is 0 Å². The van der Waals surface area contributed by atoms with E-state index in [-0.39, 0.29) is 196 Å². The fourth-order valence-corrected chi connectivity index (χ4v) is 4.73. The van der Waals surface area contributed by atoms with E-state index in [0.717, 1.165) is 35.8 Å². The number of allylic oxidation sites excluding steroid dienone is 3. The van der Waals surface area contributed by atoms with E-state index >= 15 is 0 Å². The molecule has 1 N–H and O–H groups in total. The van der Waals surface area contributed by atoms with Gasteiger partial charge in [0, 0.05) is 282 Å². The van der Waals surface area contributed by atoms with Gasteiger partial charge in [0.2, 0.25) is 0 Å². The molecule has 0 spiro atoms. The molecule has 12 rings (SSSR count). The van der Waals surface area contributed by atoms with E-state index in [2.05, 4.69) is 133 Å². The minimum atomic E-state index is 0. The van der Waals surface area contributed by atoms with Crippen LogP contribution in [0.4, 0.5) is 5.69 Å². The Bertz CT molecular complexity index is 2820. The summed E-state index contributed by atoms with van der Waals surface area (Å²) < 4.78 is 0. The van der Waals surface area contributed by atoms with E-state index in [1.165, 1.54) is 40.7 Å². The van der Waals surface area contributed by atoms with Crippen molar-refractivity contribution in [1.29, 1.82) is 0 Å². The number of fused-ring (bicyclic) bond motifs is 2. The van der Waals surface area contributed by atoms with Crippen molar-refractivity contribution in [2.24, 2.45) is 10.1 Å². The molecule has 0 saturated heterocycles. The first kappa shape index (κ1) is 99.0. The summed E-state index contributed by atoms with van der Waals surface area (Å²) in [5.74, 6) is 0. The summed E-state index contributed by atoms with van der Waals surface area (Å²) in [5.41, 5.74) is 11.3. The van der Waals surface area contributed by atoms with E-state index in [0.29, 0.717) is 11.3 Å². The molecule has 6 radical (unpaired) electrons. The average molecular weight is 1650 g/mol. The van der Waals surface area contributed by atoms with Crippen molar-refractivity contribution >= 4 is 52.6 Å². The van der Waals surface area contributed by atoms with Crippen LogP contribution in [0.1, 0.15) is 11.1 Å². The predicted molar refractivity (Wildman–Crippen MR) is 342 cm³/mol. The van der Waals surface area contributed by atoms with Gasteiger partial charge >= 0.3 is 0 Å². The number of pyridine rings is 3. The monoisotopic (exact) mass is 1650 g/mol. The third-order valence-corrected chi connectivity index (χ3v) is 8.27. The van der Waals surface area contributed by atoms with E-state index in [1.807, 2.05) is 134 Å². The average Bonchev–Trinajstić information content (AvgIpc) is 3.93. The van der Waals surface area contributed by atoms with Gasteiger partial charge in [0.1, 0.15) is 6.33 Å². The zero-order chi connectivity index (χ0) is 61.8. The zero-order valence-corrected chi connectivity index (χ0v) is 66.6. The van der Waals surface area contributed by atoms with Crippen LogP contribution < -0.4 is 0 Å². The largest absolute Gasteiger partial charge is 0.911 e. The molecule has 0 aliphatic heterocycles. The number of nitrogens with one attached hydrogen (secondary N) is 1. The maximum atomic E-state index is 8.38. The summed E-state index contributed by atoms with van der Waals surface area (Å²) >= 11 is 0. The maximum absolute atomic E-state index is 8.38. The van der Waals surface area contributed by atoms with Gasteiger partial charge in [0.25, 0.3) is 0 Å². The van der Waals surface area contributed by atoms with Gasteiger partial charge in [-0.2, -0.15) is 74.3 Å². The minimum absolute atomic E-state index is 0. The number of benzene rings is 5. The second-order valence-corrected chi connectivity index (χ2v) is 14.1. The van der Waals surface area contributed by atoms with Crippen LogP contribution in [0.3, 0.4) is 0 Å². The van der Waals surface area contributed by atoms with Crippen LogP contribution in [0, 0.1) is 51.1 Å². The molecular formula is C68H59N17Y6-12. The van der Waals surface area contributed by atoms with Crippen molar-refractivity contribution in [3.05, 3.63) is 378 Å². The fourth-order valence-electron chi connectivity index (χ4n) is 4.73. The number of hydrogen-bond acceptors (Lipinski definition) is 13. The van der Waals surface area contributed by atoms with Gasteiger partial charge in [-0.15, -0.1) is 42.5 Å². The topological polar surface area (TPSA) is 249 Å². The Balaban J connectivity index is -0.000000169. The van der Waals surface area contributed by atoms with Crippen molar-refractivity contribution < 1.29 is 196 Å². The second kappa shape index (κ2) is 82.4. The summed E-state index contributed by atoms with van der Waals surface area (Å²) in [4.78, 5) is 29.7. The molecule has 7 heterocycles. The predicted octanol–water partition coefficient (Wildman–Crippen LogP) is 14.4. The Kier molecular flexibility index (Phi) is 89.6. The van der Waals surface area contributed by atoms with Gasteiger partial charge in [0.15, 0.2) is 0 Å². The smallest absolute Gasteiger partial charge is 0.115 e. The van der Waals surface area contributed by atoms with Crippen molar-refractivity contribution in [2.75, 3.05) is 0 Å². The number of hydrogen-bond donors (Lipinski definition) is 1. The number of aliphatic imine (C=N–C) groups is 1. The molecule has 446 valence electrons. The summed E-state index contributed by atoms with van der Waals surface area (Å²) in [6, 6.07) is 63.6. The standard InChI is InChI=1S/2C9H7N.C8H6.C7H5N.C6H4N2.C5H5N.3C4H4N2.C4H4.2C3H3N.C2H3N3.6Y/c1-2-6-9-8(4-1)5-3-7-10-9;1-2-4-9-7-10-6-5-8(9)3-1;1-2-8-6-4-3-5-7-8;8-6-7-4-2-1-3-5-7;7-8-6-4-2-1-3-5-6;1-2-4-6-5-3-1;1-2-6-4-3-5-1;1-2-5-4-6-3-1;1-2-4-6-5-3-1;2*1-3-4-2;1-2-3-4;1-2-4-5-3-1;;;;;;/h2*1-7H;1-6H;1-4,6H;1-4H;1-5H;3*1-4H;1-4H;2*1-3H;1-2H,(H,3,4,5);;;;;;/q;;3*-2;;;;;3*-2;;;;;;;. The molecule has 5 aromatic carbocycles. The molecule has 0 unspecified atom stereocenters. The van der Waals surface area contributed by atoms with Crippen LogP contribution in [0.25, 0.3) is 44.1 Å². The van der Waals surface area contributed by atoms with Crippen molar-refractivity contribution in [3.8, 4) is 0 Å². The Morgan fingerprint density at radius 1 is 0.407 bits per heavy atom. The molecule has 7 aromatic heterocycles. The van der Waals surface area contributed by atoms with Crippen molar-refractivity contribution in [1.82, 2.24) is 60.5 Å². The Labute approximate surface area is 687 Å². The van der Waals surface area contributed by atoms with Gasteiger partial charge in [-0.25, -0.2) is 22.1 Å². The number of nitrogens with zero attached hydrogens (tertiary/aromatic N) is 16. The molecule has 0 aliphatic carbocycles. The number of aromatic nitrogens is 12. The molecule has 0 amide bonds. The summed E-state index contributed by atoms with van der Waals surface area (Å²) in [5, 5.41) is 38.9. The molecular weight excluding hydrogens is 1590 g/mol. The van der Waals surface area contributed by atoms with Crippen LogP contribution in [0.2, 0.25) is 0 Å². The number of aromatic amines is 1. The quantitative estimate of drug-likeness (QED) is 0.0709. The molecule has 17 nitrogen and oxygen atoms in total. The molecule has 12 aromatic rings. The van der Waals surface area contributed by atoms with Gasteiger partial charge in [0.05, 0.1) is 17.9 Å². The Morgan fingerprint density at radius 2 is 0.868 bits per heavy atom. The van der Waals surface area contributed by atoms with Crippen LogP contribution >= 0.6 is 0 Å². The van der Waals surface area contributed by atoms with Gasteiger partial charge in [-0.3, -0.25) is 43.8 Å². The van der Waals surface area contributed by atoms with E-state index in [4.69, 9.17) is 36.1 Å². The first-order valence-electron chi connectivity index (χ1n) is 24.6. The molecule has 0 aliphatic rings. The second-order valence-electron chi connectivity index (χ2n) is 14.1. The van der Waals surface area contributed by atoms with Gasteiger partial charge in [-0.05, 0) is 59.3 Å². The minimum Gasteiger partial charge on any atom is -0.911 e. The van der Waals surface area contributed by atoms with Crippen LogP contribution in [-0.2, 0) is 196 Å². The normalized spacial score (nSPS) is 7.65. The zero-order valence-electron chi connectivity index (χ0n) is 49.6.